The largest absolute Gasteiger partial charge is 1.00 e. The van der Waals surface area contributed by atoms with Gasteiger partial charge in [-0.3, -0.25) is 0 Å². The van der Waals surface area contributed by atoms with E-state index < -0.39 is 0 Å². The van der Waals surface area contributed by atoms with Crippen LogP contribution in [0.25, 0.3) is 11.1 Å². The molecule has 2 aromatic rings. The van der Waals surface area contributed by atoms with Crippen molar-refractivity contribution >= 4 is 11.5 Å². The third-order valence-electron chi connectivity index (χ3n) is 3.30. The fraction of sp³-hybridized carbons (Fsp3) is 0.200. The van der Waals surface area contributed by atoms with Crippen molar-refractivity contribution in [2.75, 3.05) is 5.32 Å². The summed E-state index contributed by atoms with van der Waals surface area (Å²) in [7, 11) is 0. The van der Waals surface area contributed by atoms with Crippen LogP contribution in [0.5, 0.6) is 0 Å². The van der Waals surface area contributed by atoms with Crippen LogP contribution in [0.1, 0.15) is 13.8 Å². The Morgan fingerprint density at radius 1 is 1.16 bits per heavy atom. The molecule has 1 aromatic carbocycles. The van der Waals surface area contributed by atoms with Gasteiger partial charge in [-0.05, 0) is 32.1 Å². The van der Waals surface area contributed by atoms with Gasteiger partial charge in [0, 0.05) is 11.8 Å². The molecule has 0 amide bonds. The van der Waals surface area contributed by atoms with Gasteiger partial charge in [0.2, 0.25) is 5.82 Å². The molecule has 19 heavy (non-hydrogen) atoms. The smallest absolute Gasteiger partial charge is 0.222 e. The van der Waals surface area contributed by atoms with Gasteiger partial charge in [0.25, 0.3) is 0 Å². The van der Waals surface area contributed by atoms with E-state index in [1.165, 1.54) is 16.0 Å². The molecule has 1 aliphatic heterocycles. The summed E-state index contributed by atoms with van der Waals surface area (Å²) in [5, 5.41) is 3.37. The summed E-state index contributed by atoms with van der Waals surface area (Å²) in [6, 6.07) is 13.0. The summed E-state index contributed by atoms with van der Waals surface area (Å²) in [6.45, 7) is 6.47. The number of halogens is 1. The van der Waals surface area contributed by atoms with E-state index >= 15 is 0 Å². The second kappa shape index (κ2) is 5.59. The number of nitrogens with zero attached hydrogens (tertiary/aromatic N) is 1. The van der Waals surface area contributed by atoms with Crippen molar-refractivity contribution in [1.82, 2.24) is 4.98 Å². The first-order valence-electron chi connectivity index (χ1n) is 6.29. The average Bonchev–Trinajstić information content (AvgIpc) is 2.83. The standard InChI is InChI=1S/C15H17N3.ClH/c1-11(2)18-10-17-14-13(8-9-16-15(14)18)12-6-4-3-5-7-12;/h3-11,17-18H,1-2H3;1H/p-1. The summed E-state index contributed by atoms with van der Waals surface area (Å²) in [6.07, 6.45) is 1.89. The Labute approximate surface area is 120 Å². The van der Waals surface area contributed by atoms with Crippen molar-refractivity contribution in [1.29, 1.82) is 0 Å². The first kappa shape index (κ1) is 13.8. The van der Waals surface area contributed by atoms with Crippen molar-refractivity contribution in [3.05, 3.63) is 49.3 Å². The third kappa shape index (κ3) is 2.44. The van der Waals surface area contributed by atoms with Gasteiger partial charge in [-0.25, -0.2) is 4.98 Å². The Hall–Kier alpha value is -1.58. The van der Waals surface area contributed by atoms with Gasteiger partial charge in [0.15, 0.2) is 0 Å². The molecule has 0 radical (unpaired) electrons. The first-order chi connectivity index (χ1) is 8.77. The van der Waals surface area contributed by atoms with Gasteiger partial charge < -0.3 is 22.6 Å². The van der Waals surface area contributed by atoms with Gasteiger partial charge in [-0.1, -0.05) is 30.3 Å². The van der Waals surface area contributed by atoms with Gasteiger partial charge in [0.1, 0.15) is 0 Å². The van der Waals surface area contributed by atoms with Crippen molar-refractivity contribution in [3.63, 3.8) is 0 Å². The van der Waals surface area contributed by atoms with E-state index in [4.69, 9.17) is 0 Å². The second-order valence-corrected chi connectivity index (χ2v) is 4.85. The number of fused-ring (bicyclic) bond motifs is 1. The van der Waals surface area contributed by atoms with Crippen LogP contribution in [-0.2, 0) is 0 Å². The van der Waals surface area contributed by atoms with Crippen LogP contribution in [0.2, 0.25) is 0 Å². The number of hydrogen-bond acceptors (Lipinski definition) is 2. The van der Waals surface area contributed by atoms with Gasteiger partial charge >= 0.3 is 0 Å². The molecule has 1 aliphatic rings. The van der Waals surface area contributed by atoms with E-state index in [9.17, 15) is 0 Å². The maximum Gasteiger partial charge on any atom is 0.222 e. The molecule has 1 unspecified atom stereocenters. The quantitative estimate of drug-likeness (QED) is 0.704. The molecular weight excluding hydrogens is 258 g/mol. The van der Waals surface area contributed by atoms with Crippen LogP contribution in [0, 0.1) is 6.67 Å². The minimum Gasteiger partial charge on any atom is -1.00 e. The molecule has 0 aliphatic carbocycles. The molecule has 2 heterocycles. The van der Waals surface area contributed by atoms with Gasteiger partial charge in [0.05, 0.1) is 11.7 Å². The number of pyridine rings is 1. The van der Waals surface area contributed by atoms with Gasteiger partial charge in [-0.15, -0.1) is 0 Å². The van der Waals surface area contributed by atoms with Crippen molar-refractivity contribution in [2.24, 2.45) is 0 Å². The topological polar surface area (TPSA) is 29.4 Å². The normalized spacial score (nSPS) is 16.7. The number of aromatic nitrogens is 1. The SMILES string of the molecule is CC(C)[NH+]1[CH-]Nc2c(-c3ccccc3)ccnc21.[Cl-]. The zero-order valence-electron chi connectivity index (χ0n) is 11.0. The number of rotatable bonds is 2. The summed E-state index contributed by atoms with van der Waals surface area (Å²) in [4.78, 5) is 5.80. The molecule has 4 heteroatoms. The number of quaternary nitrogens is 1. The fourth-order valence-corrected chi connectivity index (χ4v) is 2.34. The third-order valence-corrected chi connectivity index (χ3v) is 3.30. The maximum atomic E-state index is 4.52. The Kier molecular flexibility index (Phi) is 4.08. The zero-order valence-corrected chi connectivity index (χ0v) is 11.8. The Balaban J connectivity index is 0.00000133. The molecule has 1 aromatic heterocycles. The zero-order chi connectivity index (χ0) is 12.5. The predicted octanol–water partition coefficient (Wildman–Crippen LogP) is -0.778. The lowest BCUT2D eigenvalue weighted by molar-refractivity contribution is -0.819. The average molecular weight is 275 g/mol. The number of anilines is 1. The van der Waals surface area contributed by atoms with Crippen molar-refractivity contribution in [2.45, 2.75) is 19.9 Å². The van der Waals surface area contributed by atoms with Crippen molar-refractivity contribution in [3.8, 4) is 11.1 Å². The highest BCUT2D eigenvalue weighted by atomic mass is 35.5. The summed E-state index contributed by atoms with van der Waals surface area (Å²) in [5.74, 6) is 1.09. The van der Waals surface area contributed by atoms with E-state index in [2.05, 4.69) is 61.1 Å². The van der Waals surface area contributed by atoms with E-state index in [0.717, 1.165) is 11.5 Å². The minimum atomic E-state index is 0. The van der Waals surface area contributed by atoms with Crippen molar-refractivity contribution < 1.29 is 17.3 Å². The first-order valence-corrected chi connectivity index (χ1v) is 6.29. The summed E-state index contributed by atoms with van der Waals surface area (Å²) in [5.41, 5.74) is 3.57. The molecule has 1 atom stereocenters. The molecule has 2 N–H and O–H groups in total. The molecule has 100 valence electrons. The highest BCUT2D eigenvalue weighted by Gasteiger charge is 2.23. The summed E-state index contributed by atoms with van der Waals surface area (Å²) < 4.78 is 0. The predicted molar refractivity (Wildman–Crippen MR) is 73.4 cm³/mol. The highest BCUT2D eigenvalue weighted by Crippen LogP contribution is 2.33. The Morgan fingerprint density at radius 3 is 2.58 bits per heavy atom. The molecule has 0 saturated carbocycles. The molecule has 3 rings (SSSR count). The molecule has 3 nitrogen and oxygen atoms in total. The van der Waals surface area contributed by atoms with E-state index in [1.807, 2.05) is 12.3 Å². The van der Waals surface area contributed by atoms with Crippen LogP contribution in [-0.4, -0.2) is 11.0 Å². The lowest BCUT2D eigenvalue weighted by Crippen LogP contribution is -3.07. The fourth-order valence-electron chi connectivity index (χ4n) is 2.34. The molecule has 0 fully saturated rings. The number of nitrogens with one attached hydrogen (secondary N) is 2. The Morgan fingerprint density at radius 2 is 1.89 bits per heavy atom. The Bertz CT molecular complexity index is 555. The van der Waals surface area contributed by atoms with Crippen LogP contribution < -0.4 is 22.6 Å². The lowest BCUT2D eigenvalue weighted by Gasteiger charge is -2.23. The highest BCUT2D eigenvalue weighted by molar-refractivity contribution is 5.83. The molecular formula is C15H17ClN3-. The number of benzene rings is 1. The summed E-state index contributed by atoms with van der Waals surface area (Å²) >= 11 is 0. The van der Waals surface area contributed by atoms with Crippen LogP contribution in [0.15, 0.2) is 42.6 Å². The molecule has 0 spiro atoms. The molecule has 0 bridgehead atoms. The van der Waals surface area contributed by atoms with Crippen LogP contribution >= 0.6 is 0 Å². The number of hydrogen-bond donors (Lipinski definition) is 2. The molecule has 0 saturated heterocycles. The van der Waals surface area contributed by atoms with Crippen LogP contribution in [0.4, 0.5) is 11.5 Å². The monoisotopic (exact) mass is 274 g/mol. The maximum absolute atomic E-state index is 4.52. The lowest BCUT2D eigenvalue weighted by atomic mass is 10.1. The van der Waals surface area contributed by atoms with E-state index in [-0.39, 0.29) is 12.4 Å². The minimum absolute atomic E-state index is 0. The van der Waals surface area contributed by atoms with E-state index in [1.54, 1.807) is 0 Å². The van der Waals surface area contributed by atoms with Gasteiger partial charge in [-0.2, -0.15) is 0 Å². The van der Waals surface area contributed by atoms with Crippen LogP contribution in [0.3, 0.4) is 0 Å². The second-order valence-electron chi connectivity index (χ2n) is 4.85. The van der Waals surface area contributed by atoms with E-state index in [0.29, 0.717) is 6.04 Å².